The maximum absolute atomic E-state index is 5.46. The maximum Gasteiger partial charge on any atom is 0.208 e. The molecule has 0 saturated carbocycles. The van der Waals surface area contributed by atoms with Crippen molar-refractivity contribution in [2.75, 3.05) is 0 Å². The molecule has 0 bridgehead atoms. The van der Waals surface area contributed by atoms with Crippen LogP contribution >= 0.6 is 23.6 Å². The summed E-state index contributed by atoms with van der Waals surface area (Å²) in [6.45, 7) is 0. The van der Waals surface area contributed by atoms with Crippen molar-refractivity contribution in [2.45, 2.75) is 0 Å². The largest absolute Gasteiger partial charge is 0.387 e. The first-order chi connectivity index (χ1) is 8.25. The van der Waals surface area contributed by atoms with Crippen molar-refractivity contribution in [3.63, 3.8) is 0 Å². The summed E-state index contributed by atoms with van der Waals surface area (Å²) in [7, 11) is 0. The van der Waals surface area contributed by atoms with Crippen LogP contribution in [0.2, 0.25) is 0 Å². The van der Waals surface area contributed by atoms with Crippen LogP contribution in [-0.2, 0) is 0 Å². The predicted molar refractivity (Wildman–Crippen MR) is 68.2 cm³/mol. The fraction of sp³-hybridized carbons (Fsp3) is 0. The van der Waals surface area contributed by atoms with Gasteiger partial charge in [0.2, 0.25) is 5.82 Å². The fourth-order valence-corrected chi connectivity index (χ4v) is 2.34. The molecule has 6 nitrogen and oxygen atoms in total. The van der Waals surface area contributed by atoms with Gasteiger partial charge in [-0.15, -0.1) is 16.4 Å². The van der Waals surface area contributed by atoms with E-state index in [2.05, 4.69) is 20.1 Å². The lowest BCUT2D eigenvalue weighted by Gasteiger charge is -1.99. The monoisotopic (exact) mass is 262 g/mol. The van der Waals surface area contributed by atoms with Gasteiger partial charge in [-0.2, -0.15) is 0 Å². The number of nitrogens with two attached hydrogens (primary N) is 1. The molecular weight excluding hydrogens is 256 g/mol. The van der Waals surface area contributed by atoms with Gasteiger partial charge in [-0.3, -0.25) is 0 Å². The summed E-state index contributed by atoms with van der Waals surface area (Å²) in [6, 6.07) is 1.93. The molecule has 0 unspecified atom stereocenters. The van der Waals surface area contributed by atoms with Gasteiger partial charge in [0, 0.05) is 0 Å². The van der Waals surface area contributed by atoms with E-state index < -0.39 is 0 Å². The van der Waals surface area contributed by atoms with Crippen LogP contribution in [0.4, 0.5) is 0 Å². The van der Waals surface area contributed by atoms with E-state index in [1.165, 1.54) is 12.7 Å². The minimum absolute atomic E-state index is 0.167. The number of aromatic nitrogens is 5. The molecule has 0 saturated heterocycles. The Kier molecular flexibility index (Phi) is 2.30. The Bertz CT molecular complexity index is 700. The van der Waals surface area contributed by atoms with Crippen LogP contribution in [-0.4, -0.2) is 29.7 Å². The van der Waals surface area contributed by atoms with Gasteiger partial charge in [0.25, 0.3) is 0 Å². The molecule has 3 rings (SSSR count). The topological polar surface area (TPSA) is 82.5 Å². The summed E-state index contributed by atoms with van der Waals surface area (Å²) >= 11 is 6.36. The molecule has 3 aromatic heterocycles. The Labute approximate surface area is 105 Å². The molecule has 0 atom stereocenters. The summed E-state index contributed by atoms with van der Waals surface area (Å²) in [6.07, 6.45) is 3.03. The van der Waals surface area contributed by atoms with Gasteiger partial charge in [0.1, 0.15) is 17.6 Å². The Balaban J connectivity index is 2.19. The Morgan fingerprint density at radius 1 is 1.35 bits per heavy atom. The second kappa shape index (κ2) is 3.82. The van der Waals surface area contributed by atoms with Crippen LogP contribution in [0.25, 0.3) is 16.0 Å². The van der Waals surface area contributed by atoms with E-state index >= 15 is 0 Å². The van der Waals surface area contributed by atoms with Gasteiger partial charge in [0.15, 0.2) is 5.82 Å². The zero-order chi connectivity index (χ0) is 11.8. The van der Waals surface area contributed by atoms with Crippen LogP contribution in [0.3, 0.4) is 0 Å². The van der Waals surface area contributed by atoms with Gasteiger partial charge in [-0.1, -0.05) is 12.2 Å². The van der Waals surface area contributed by atoms with E-state index in [0.29, 0.717) is 11.6 Å². The Morgan fingerprint density at radius 3 is 3.00 bits per heavy atom. The van der Waals surface area contributed by atoms with Crippen LogP contribution in [0.15, 0.2) is 24.1 Å². The second-order valence-electron chi connectivity index (χ2n) is 3.21. The summed E-state index contributed by atoms with van der Waals surface area (Å²) in [5.74, 6) is 1.02. The minimum Gasteiger partial charge on any atom is -0.387 e. The number of nitrogens with zero attached hydrogens (tertiary/aromatic N) is 5. The molecule has 0 radical (unpaired) electrons. The number of hydrogen-bond donors (Lipinski definition) is 1. The molecule has 0 aromatic carbocycles. The summed E-state index contributed by atoms with van der Waals surface area (Å²) in [5, 5.41) is 6.12. The SMILES string of the molecule is NC(=S)c1ncn(-c2ncnc3ccsc23)n1. The van der Waals surface area contributed by atoms with Crippen LogP contribution < -0.4 is 5.73 Å². The zero-order valence-electron chi connectivity index (χ0n) is 8.44. The number of rotatable bonds is 2. The molecule has 8 heteroatoms. The van der Waals surface area contributed by atoms with E-state index in [4.69, 9.17) is 18.0 Å². The highest BCUT2D eigenvalue weighted by molar-refractivity contribution is 7.80. The zero-order valence-corrected chi connectivity index (χ0v) is 10.1. The Hall–Kier alpha value is -1.93. The highest BCUT2D eigenvalue weighted by Gasteiger charge is 2.10. The first-order valence-electron chi connectivity index (χ1n) is 4.66. The van der Waals surface area contributed by atoms with E-state index in [1.54, 1.807) is 16.0 Å². The summed E-state index contributed by atoms with van der Waals surface area (Å²) in [5.41, 5.74) is 6.34. The normalized spacial score (nSPS) is 10.8. The van der Waals surface area contributed by atoms with Crippen molar-refractivity contribution in [3.05, 3.63) is 29.9 Å². The van der Waals surface area contributed by atoms with Gasteiger partial charge < -0.3 is 5.73 Å². The maximum atomic E-state index is 5.46. The smallest absolute Gasteiger partial charge is 0.208 e. The number of fused-ring (bicyclic) bond motifs is 1. The van der Waals surface area contributed by atoms with E-state index in [-0.39, 0.29) is 4.99 Å². The third kappa shape index (κ3) is 1.67. The first-order valence-corrected chi connectivity index (χ1v) is 5.94. The highest BCUT2D eigenvalue weighted by atomic mass is 32.1. The number of thiocarbonyl (C=S) groups is 1. The van der Waals surface area contributed by atoms with Crippen molar-refractivity contribution in [2.24, 2.45) is 5.73 Å². The van der Waals surface area contributed by atoms with Crippen molar-refractivity contribution >= 4 is 38.8 Å². The minimum atomic E-state index is 0.167. The lowest BCUT2D eigenvalue weighted by Crippen LogP contribution is -2.12. The lowest BCUT2D eigenvalue weighted by molar-refractivity contribution is 0.848. The van der Waals surface area contributed by atoms with Gasteiger partial charge in [0.05, 0.1) is 10.2 Å². The molecule has 17 heavy (non-hydrogen) atoms. The molecule has 2 N–H and O–H groups in total. The summed E-state index contributed by atoms with van der Waals surface area (Å²) in [4.78, 5) is 12.5. The third-order valence-electron chi connectivity index (χ3n) is 2.15. The standard InChI is InChI=1S/C9H6N6S2/c10-7(16)8-13-4-15(14-8)9-6-5(1-2-17-6)11-3-12-9/h1-4H,(H2,10,16). The fourth-order valence-electron chi connectivity index (χ4n) is 1.42. The van der Waals surface area contributed by atoms with Crippen molar-refractivity contribution in [1.82, 2.24) is 24.7 Å². The Morgan fingerprint density at radius 2 is 2.24 bits per heavy atom. The molecule has 0 amide bonds. The molecule has 3 aromatic rings. The van der Waals surface area contributed by atoms with Crippen LogP contribution in [0.1, 0.15) is 5.82 Å². The van der Waals surface area contributed by atoms with Crippen molar-refractivity contribution < 1.29 is 0 Å². The summed E-state index contributed by atoms with van der Waals surface area (Å²) < 4.78 is 2.50. The van der Waals surface area contributed by atoms with Gasteiger partial charge >= 0.3 is 0 Å². The quantitative estimate of drug-likeness (QED) is 0.691. The number of thiophene rings is 1. The number of hydrogen-bond acceptors (Lipinski definition) is 6. The van der Waals surface area contributed by atoms with E-state index in [1.807, 2.05) is 11.4 Å². The van der Waals surface area contributed by atoms with Gasteiger partial charge in [-0.05, 0) is 11.4 Å². The van der Waals surface area contributed by atoms with Gasteiger partial charge in [-0.25, -0.2) is 19.6 Å². The molecule has 0 aliphatic rings. The molecule has 84 valence electrons. The van der Waals surface area contributed by atoms with Crippen molar-refractivity contribution in [3.8, 4) is 5.82 Å². The third-order valence-corrected chi connectivity index (χ3v) is 3.24. The average Bonchev–Trinajstić information content (AvgIpc) is 2.97. The van der Waals surface area contributed by atoms with Crippen LogP contribution in [0, 0.1) is 0 Å². The highest BCUT2D eigenvalue weighted by Crippen LogP contribution is 2.23. The molecule has 0 spiro atoms. The molecule has 0 aliphatic carbocycles. The van der Waals surface area contributed by atoms with E-state index in [0.717, 1.165) is 10.2 Å². The van der Waals surface area contributed by atoms with Crippen LogP contribution in [0.5, 0.6) is 0 Å². The van der Waals surface area contributed by atoms with E-state index in [9.17, 15) is 0 Å². The second-order valence-corrected chi connectivity index (χ2v) is 4.57. The van der Waals surface area contributed by atoms with Crippen molar-refractivity contribution in [1.29, 1.82) is 0 Å². The molecule has 3 heterocycles. The molecule has 0 aliphatic heterocycles. The first kappa shape index (κ1) is 10.2. The predicted octanol–water partition coefficient (Wildman–Crippen LogP) is 0.906. The molecular formula is C9H6N6S2. The lowest BCUT2D eigenvalue weighted by atomic mass is 10.4. The molecule has 0 fully saturated rings. The average molecular weight is 262 g/mol.